The van der Waals surface area contributed by atoms with Crippen molar-refractivity contribution in [3.05, 3.63) is 29.8 Å². The third-order valence-electron chi connectivity index (χ3n) is 2.43. The lowest BCUT2D eigenvalue weighted by Gasteiger charge is -2.05. The van der Waals surface area contributed by atoms with Gasteiger partial charge in [0, 0.05) is 28.7 Å². The highest BCUT2D eigenvalue weighted by atomic mass is 33.1. The van der Waals surface area contributed by atoms with E-state index in [2.05, 4.69) is 12.2 Å². The Kier molecular flexibility index (Phi) is 7.47. The summed E-state index contributed by atoms with van der Waals surface area (Å²) >= 11 is 0. The van der Waals surface area contributed by atoms with Gasteiger partial charge in [0.2, 0.25) is 0 Å². The number of benzene rings is 1. The van der Waals surface area contributed by atoms with Gasteiger partial charge >= 0.3 is 0 Å². The zero-order valence-electron chi connectivity index (χ0n) is 11.2. The molecule has 100 valence electrons. The van der Waals surface area contributed by atoms with Gasteiger partial charge in [-0.1, -0.05) is 54.5 Å². The predicted molar refractivity (Wildman–Crippen MR) is 82.5 cm³/mol. The molecule has 1 aromatic carbocycles. The molecule has 0 spiro atoms. The molecule has 0 atom stereocenters. The first-order valence-corrected chi connectivity index (χ1v) is 8.61. The lowest BCUT2D eigenvalue weighted by molar-refractivity contribution is 0.0939. The van der Waals surface area contributed by atoms with Crippen molar-refractivity contribution in [3.63, 3.8) is 0 Å². The van der Waals surface area contributed by atoms with Crippen molar-refractivity contribution < 1.29 is 4.79 Å². The van der Waals surface area contributed by atoms with E-state index in [1.54, 1.807) is 10.8 Å². The quantitative estimate of drug-likeness (QED) is 0.445. The van der Waals surface area contributed by atoms with Crippen LogP contribution in [0.5, 0.6) is 0 Å². The van der Waals surface area contributed by atoms with Crippen LogP contribution in [0, 0.1) is 5.92 Å². The molecule has 0 bridgehead atoms. The van der Waals surface area contributed by atoms with Crippen LogP contribution in [-0.4, -0.2) is 24.6 Å². The fraction of sp³-hybridized carbons (Fsp3) is 0.500. The van der Waals surface area contributed by atoms with Gasteiger partial charge in [0.15, 0.2) is 5.78 Å². The van der Waals surface area contributed by atoms with Crippen LogP contribution in [0.15, 0.2) is 29.2 Å². The Morgan fingerprint density at radius 2 is 1.94 bits per heavy atom. The zero-order valence-corrected chi connectivity index (χ0v) is 12.9. The molecule has 0 unspecified atom stereocenters. The summed E-state index contributed by atoms with van der Waals surface area (Å²) in [6, 6.07) is 7.91. The van der Waals surface area contributed by atoms with E-state index < -0.39 is 0 Å². The number of nitrogens with one attached hydrogen (secondary N) is 1. The lowest BCUT2D eigenvalue weighted by atomic mass is 10.0. The highest BCUT2D eigenvalue weighted by molar-refractivity contribution is 8.76. The zero-order chi connectivity index (χ0) is 13.4. The minimum Gasteiger partial charge on any atom is -0.316 e. The first-order chi connectivity index (χ1) is 8.65. The summed E-state index contributed by atoms with van der Waals surface area (Å²) in [4.78, 5) is 13.0. The number of hydrogen-bond donors (Lipinski definition) is 1. The van der Waals surface area contributed by atoms with Gasteiger partial charge in [-0.2, -0.15) is 0 Å². The Bertz CT molecular complexity index is 363. The summed E-state index contributed by atoms with van der Waals surface area (Å²) in [7, 11) is 3.60. The molecule has 1 rings (SSSR count). The molecule has 0 aromatic heterocycles. The first-order valence-electron chi connectivity index (χ1n) is 6.29. The van der Waals surface area contributed by atoms with E-state index in [4.69, 9.17) is 0 Å². The molecule has 1 N–H and O–H groups in total. The van der Waals surface area contributed by atoms with E-state index in [-0.39, 0.29) is 11.7 Å². The van der Waals surface area contributed by atoms with Crippen LogP contribution < -0.4 is 5.32 Å². The van der Waals surface area contributed by atoms with Crippen molar-refractivity contribution in [1.29, 1.82) is 0 Å². The largest absolute Gasteiger partial charge is 0.316 e. The van der Waals surface area contributed by atoms with Crippen LogP contribution in [-0.2, 0) is 0 Å². The van der Waals surface area contributed by atoms with Crippen molar-refractivity contribution in [2.24, 2.45) is 5.92 Å². The molecular formula is C14H21NOS2. The van der Waals surface area contributed by atoms with Crippen molar-refractivity contribution in [2.45, 2.75) is 25.7 Å². The molecule has 0 aliphatic rings. The summed E-state index contributed by atoms with van der Waals surface area (Å²) in [5, 5.41) is 3.29. The molecule has 0 saturated carbocycles. The topological polar surface area (TPSA) is 29.1 Å². The molecule has 0 aliphatic carbocycles. The predicted octanol–water partition coefficient (Wildman–Crippen LogP) is 3.88. The van der Waals surface area contributed by atoms with E-state index in [1.165, 1.54) is 4.90 Å². The summed E-state index contributed by atoms with van der Waals surface area (Å²) in [6.07, 6.45) is 0. The maximum atomic E-state index is 11.8. The SMILES string of the molecule is CCNCCSSc1ccc(C(=O)C(C)C)cc1. The standard InChI is InChI=1S/C14H21NOS2/c1-4-15-9-10-17-18-13-7-5-12(6-8-13)14(16)11(2)3/h5-8,11,15H,4,9-10H2,1-3H3. The second kappa shape index (κ2) is 8.62. The fourth-order valence-corrected chi connectivity index (χ4v) is 3.34. The summed E-state index contributed by atoms with van der Waals surface area (Å²) in [6.45, 7) is 8.04. The number of Topliss-reactive ketones (excluding diaryl/α,β-unsaturated/α-hetero) is 1. The van der Waals surface area contributed by atoms with Gasteiger partial charge in [0.1, 0.15) is 0 Å². The van der Waals surface area contributed by atoms with Crippen LogP contribution in [0.2, 0.25) is 0 Å². The van der Waals surface area contributed by atoms with Gasteiger partial charge in [-0.15, -0.1) is 0 Å². The third-order valence-corrected chi connectivity index (χ3v) is 4.81. The van der Waals surface area contributed by atoms with Crippen LogP contribution >= 0.6 is 21.6 Å². The van der Waals surface area contributed by atoms with Crippen LogP contribution in [0.25, 0.3) is 0 Å². The lowest BCUT2D eigenvalue weighted by Crippen LogP contribution is -2.15. The molecule has 1 aromatic rings. The van der Waals surface area contributed by atoms with Gasteiger partial charge in [0.25, 0.3) is 0 Å². The molecule has 0 aliphatic heterocycles. The molecule has 0 saturated heterocycles. The maximum absolute atomic E-state index is 11.8. The highest BCUT2D eigenvalue weighted by Gasteiger charge is 2.09. The molecule has 18 heavy (non-hydrogen) atoms. The van der Waals surface area contributed by atoms with Crippen LogP contribution in [0.3, 0.4) is 0 Å². The van der Waals surface area contributed by atoms with Gasteiger partial charge in [0.05, 0.1) is 0 Å². The highest BCUT2D eigenvalue weighted by Crippen LogP contribution is 2.30. The molecule has 0 amide bonds. The van der Waals surface area contributed by atoms with Gasteiger partial charge in [-0.05, 0) is 18.7 Å². The Morgan fingerprint density at radius 1 is 1.28 bits per heavy atom. The second-order valence-electron chi connectivity index (χ2n) is 4.30. The Hall–Kier alpha value is -0.450. The molecule has 4 heteroatoms. The molecule has 0 fully saturated rings. The number of ketones is 1. The van der Waals surface area contributed by atoms with Gasteiger partial charge < -0.3 is 5.32 Å². The summed E-state index contributed by atoms with van der Waals surface area (Å²) < 4.78 is 0. The average Bonchev–Trinajstić information content (AvgIpc) is 2.38. The van der Waals surface area contributed by atoms with Crippen molar-refractivity contribution in [1.82, 2.24) is 5.32 Å². The number of hydrogen-bond acceptors (Lipinski definition) is 4. The normalized spacial score (nSPS) is 10.9. The van der Waals surface area contributed by atoms with E-state index in [9.17, 15) is 4.79 Å². The smallest absolute Gasteiger partial charge is 0.165 e. The monoisotopic (exact) mass is 283 g/mol. The summed E-state index contributed by atoms with van der Waals surface area (Å²) in [5.74, 6) is 1.37. The second-order valence-corrected chi connectivity index (χ2v) is 6.79. The van der Waals surface area contributed by atoms with E-state index in [0.717, 1.165) is 24.4 Å². The minimum absolute atomic E-state index is 0.0676. The van der Waals surface area contributed by atoms with E-state index >= 15 is 0 Å². The molecule has 2 nitrogen and oxygen atoms in total. The minimum atomic E-state index is 0.0676. The Morgan fingerprint density at radius 3 is 2.50 bits per heavy atom. The van der Waals surface area contributed by atoms with Gasteiger partial charge in [-0.3, -0.25) is 4.79 Å². The average molecular weight is 283 g/mol. The molecular weight excluding hydrogens is 262 g/mol. The Balaban J connectivity index is 2.38. The van der Waals surface area contributed by atoms with Crippen LogP contribution in [0.1, 0.15) is 31.1 Å². The number of carbonyl (C=O) groups excluding carboxylic acids is 1. The number of carbonyl (C=O) groups is 1. The van der Waals surface area contributed by atoms with Crippen molar-refractivity contribution in [2.75, 3.05) is 18.8 Å². The van der Waals surface area contributed by atoms with Crippen molar-refractivity contribution >= 4 is 27.4 Å². The Labute approximate surface area is 118 Å². The third kappa shape index (κ3) is 5.46. The van der Waals surface area contributed by atoms with Crippen LogP contribution in [0.4, 0.5) is 0 Å². The molecule has 0 radical (unpaired) electrons. The van der Waals surface area contributed by atoms with Crippen molar-refractivity contribution in [3.8, 4) is 0 Å². The fourth-order valence-electron chi connectivity index (χ4n) is 1.41. The maximum Gasteiger partial charge on any atom is 0.165 e. The molecule has 0 heterocycles. The van der Waals surface area contributed by atoms with Gasteiger partial charge in [-0.25, -0.2) is 0 Å². The van der Waals surface area contributed by atoms with E-state index in [0.29, 0.717) is 0 Å². The first kappa shape index (κ1) is 15.6. The van der Waals surface area contributed by atoms with E-state index in [1.807, 2.05) is 48.9 Å². The summed E-state index contributed by atoms with van der Waals surface area (Å²) in [5.41, 5.74) is 0.812. The number of rotatable bonds is 8.